The fraction of sp³-hybridized carbons (Fsp3) is 0.571. The first kappa shape index (κ1) is 13.0. The highest BCUT2D eigenvalue weighted by molar-refractivity contribution is 5.27. The molecule has 0 amide bonds. The zero-order valence-corrected chi connectivity index (χ0v) is 10.0. The molecule has 0 spiro atoms. The largest absolute Gasteiger partial charge is 0.508 e. The minimum Gasteiger partial charge on any atom is -0.508 e. The normalized spacial score (nSPS) is 10.6. The smallest absolute Gasteiger partial charge is 0.130 e. The SMILES string of the molecule is CCCCCCCCc1ccc(O)cc1F. The molecule has 0 radical (unpaired) electrons. The van der Waals surface area contributed by atoms with E-state index in [1.165, 1.54) is 38.2 Å². The van der Waals surface area contributed by atoms with Gasteiger partial charge in [0, 0.05) is 6.07 Å². The van der Waals surface area contributed by atoms with Crippen molar-refractivity contribution in [3.05, 3.63) is 29.6 Å². The topological polar surface area (TPSA) is 20.2 Å². The first-order chi connectivity index (χ1) is 7.74. The van der Waals surface area contributed by atoms with Crippen LogP contribution in [0.5, 0.6) is 5.75 Å². The van der Waals surface area contributed by atoms with Crippen molar-refractivity contribution in [2.24, 2.45) is 0 Å². The van der Waals surface area contributed by atoms with Gasteiger partial charge in [-0.3, -0.25) is 0 Å². The third-order valence-corrected chi connectivity index (χ3v) is 2.84. The molecular weight excluding hydrogens is 203 g/mol. The molecular formula is C14H21FO. The van der Waals surface area contributed by atoms with Crippen molar-refractivity contribution in [3.63, 3.8) is 0 Å². The predicted octanol–water partition coefficient (Wildman–Crippen LogP) is 4.43. The van der Waals surface area contributed by atoms with Crippen LogP contribution in [-0.4, -0.2) is 5.11 Å². The molecule has 0 bridgehead atoms. The summed E-state index contributed by atoms with van der Waals surface area (Å²) in [7, 11) is 0. The molecule has 0 saturated heterocycles. The number of aromatic hydroxyl groups is 1. The van der Waals surface area contributed by atoms with Crippen LogP contribution in [0.4, 0.5) is 4.39 Å². The number of unbranched alkanes of at least 4 members (excludes halogenated alkanes) is 5. The molecule has 90 valence electrons. The van der Waals surface area contributed by atoms with E-state index in [4.69, 9.17) is 5.11 Å². The van der Waals surface area contributed by atoms with E-state index in [2.05, 4.69) is 6.92 Å². The lowest BCUT2D eigenvalue weighted by Crippen LogP contribution is -1.90. The van der Waals surface area contributed by atoms with E-state index in [0.717, 1.165) is 12.8 Å². The van der Waals surface area contributed by atoms with Crippen molar-refractivity contribution < 1.29 is 9.50 Å². The second kappa shape index (κ2) is 7.26. The van der Waals surface area contributed by atoms with Crippen LogP contribution in [0.1, 0.15) is 51.0 Å². The maximum absolute atomic E-state index is 13.3. The summed E-state index contributed by atoms with van der Waals surface area (Å²) in [6.07, 6.45) is 8.06. The first-order valence-corrected chi connectivity index (χ1v) is 6.21. The zero-order chi connectivity index (χ0) is 11.8. The number of phenolic OH excluding ortho intramolecular Hbond substituents is 1. The number of aryl methyl sites for hydroxylation is 1. The summed E-state index contributed by atoms with van der Waals surface area (Å²) in [6.45, 7) is 2.20. The lowest BCUT2D eigenvalue weighted by molar-refractivity contribution is 0.467. The molecule has 0 fully saturated rings. The van der Waals surface area contributed by atoms with E-state index in [-0.39, 0.29) is 11.6 Å². The number of hydrogen-bond acceptors (Lipinski definition) is 1. The van der Waals surface area contributed by atoms with Crippen LogP contribution < -0.4 is 0 Å². The van der Waals surface area contributed by atoms with Crippen molar-refractivity contribution in [2.75, 3.05) is 0 Å². The van der Waals surface area contributed by atoms with Gasteiger partial charge in [-0.2, -0.15) is 0 Å². The third-order valence-electron chi connectivity index (χ3n) is 2.84. The molecule has 0 aliphatic carbocycles. The number of halogens is 1. The summed E-state index contributed by atoms with van der Waals surface area (Å²) in [6, 6.07) is 4.42. The van der Waals surface area contributed by atoms with E-state index in [1.54, 1.807) is 12.1 Å². The number of hydrogen-bond donors (Lipinski definition) is 1. The molecule has 1 aromatic carbocycles. The number of benzene rings is 1. The number of phenols is 1. The van der Waals surface area contributed by atoms with Gasteiger partial charge in [0.25, 0.3) is 0 Å². The summed E-state index contributed by atoms with van der Waals surface area (Å²) < 4.78 is 13.3. The third kappa shape index (κ3) is 4.65. The molecule has 0 unspecified atom stereocenters. The molecule has 0 heterocycles. The van der Waals surface area contributed by atoms with Crippen LogP contribution in [0, 0.1) is 5.82 Å². The Morgan fingerprint density at radius 1 is 1.06 bits per heavy atom. The molecule has 1 N–H and O–H groups in total. The lowest BCUT2D eigenvalue weighted by Gasteiger charge is -2.03. The Morgan fingerprint density at radius 3 is 2.44 bits per heavy atom. The van der Waals surface area contributed by atoms with Gasteiger partial charge in [-0.1, -0.05) is 45.1 Å². The quantitative estimate of drug-likeness (QED) is 0.679. The fourth-order valence-corrected chi connectivity index (χ4v) is 1.83. The van der Waals surface area contributed by atoms with Gasteiger partial charge in [0.15, 0.2) is 0 Å². The lowest BCUT2D eigenvalue weighted by atomic mass is 10.0. The molecule has 16 heavy (non-hydrogen) atoms. The van der Waals surface area contributed by atoms with Gasteiger partial charge >= 0.3 is 0 Å². The second-order valence-corrected chi connectivity index (χ2v) is 4.29. The van der Waals surface area contributed by atoms with Crippen LogP contribution in [0.2, 0.25) is 0 Å². The summed E-state index contributed by atoms with van der Waals surface area (Å²) in [5.74, 6) is -0.280. The van der Waals surface area contributed by atoms with Crippen molar-refractivity contribution in [2.45, 2.75) is 51.9 Å². The van der Waals surface area contributed by atoms with E-state index in [1.807, 2.05) is 0 Å². The van der Waals surface area contributed by atoms with Crippen molar-refractivity contribution in [1.29, 1.82) is 0 Å². The van der Waals surface area contributed by atoms with Gasteiger partial charge in [-0.05, 0) is 24.5 Å². The Morgan fingerprint density at radius 2 is 1.75 bits per heavy atom. The average Bonchev–Trinajstić information content (AvgIpc) is 2.26. The highest BCUT2D eigenvalue weighted by Gasteiger charge is 2.02. The molecule has 0 aliphatic rings. The summed E-state index contributed by atoms with van der Waals surface area (Å²) in [5, 5.41) is 9.07. The predicted molar refractivity (Wildman–Crippen MR) is 65.1 cm³/mol. The summed E-state index contributed by atoms with van der Waals surface area (Å²) in [5.41, 5.74) is 0.716. The van der Waals surface area contributed by atoms with Crippen LogP contribution in [0.25, 0.3) is 0 Å². The Balaban J connectivity index is 2.21. The van der Waals surface area contributed by atoms with Crippen LogP contribution in [-0.2, 0) is 6.42 Å². The van der Waals surface area contributed by atoms with E-state index < -0.39 is 0 Å². The van der Waals surface area contributed by atoms with E-state index >= 15 is 0 Å². The monoisotopic (exact) mass is 224 g/mol. The molecule has 0 saturated carbocycles. The van der Waals surface area contributed by atoms with Crippen molar-refractivity contribution in [1.82, 2.24) is 0 Å². The molecule has 0 aromatic heterocycles. The Labute approximate surface area is 97.3 Å². The van der Waals surface area contributed by atoms with E-state index in [0.29, 0.717) is 5.56 Å². The minimum atomic E-state index is -0.284. The minimum absolute atomic E-state index is 0.00388. The summed E-state index contributed by atoms with van der Waals surface area (Å²) in [4.78, 5) is 0. The van der Waals surface area contributed by atoms with Crippen molar-refractivity contribution >= 4 is 0 Å². The van der Waals surface area contributed by atoms with Crippen molar-refractivity contribution in [3.8, 4) is 5.75 Å². The molecule has 0 aliphatic heterocycles. The Hall–Kier alpha value is -1.05. The number of rotatable bonds is 7. The Kier molecular flexibility index (Phi) is 5.91. The van der Waals surface area contributed by atoms with Crippen LogP contribution in [0.3, 0.4) is 0 Å². The standard InChI is InChI=1S/C14H21FO/c1-2-3-4-5-6-7-8-12-9-10-13(16)11-14(12)15/h9-11,16H,2-8H2,1H3. The maximum Gasteiger partial charge on any atom is 0.130 e. The highest BCUT2D eigenvalue weighted by Crippen LogP contribution is 2.17. The summed E-state index contributed by atoms with van der Waals surface area (Å²) >= 11 is 0. The van der Waals surface area contributed by atoms with Gasteiger partial charge < -0.3 is 5.11 Å². The molecule has 0 atom stereocenters. The van der Waals surface area contributed by atoms with Crippen LogP contribution in [0.15, 0.2) is 18.2 Å². The van der Waals surface area contributed by atoms with Gasteiger partial charge in [-0.15, -0.1) is 0 Å². The van der Waals surface area contributed by atoms with Gasteiger partial charge in [0.1, 0.15) is 11.6 Å². The van der Waals surface area contributed by atoms with Crippen LogP contribution >= 0.6 is 0 Å². The molecule has 2 heteroatoms. The fourth-order valence-electron chi connectivity index (χ4n) is 1.83. The second-order valence-electron chi connectivity index (χ2n) is 4.29. The van der Waals surface area contributed by atoms with E-state index in [9.17, 15) is 4.39 Å². The Bertz CT molecular complexity index is 310. The van der Waals surface area contributed by atoms with Gasteiger partial charge in [0.2, 0.25) is 0 Å². The zero-order valence-electron chi connectivity index (χ0n) is 10.0. The van der Waals surface area contributed by atoms with Gasteiger partial charge in [-0.25, -0.2) is 4.39 Å². The molecule has 1 nitrogen and oxygen atoms in total. The first-order valence-electron chi connectivity index (χ1n) is 6.21. The molecule has 1 rings (SSSR count). The van der Waals surface area contributed by atoms with Gasteiger partial charge in [0.05, 0.1) is 0 Å². The average molecular weight is 224 g/mol. The maximum atomic E-state index is 13.3. The molecule has 1 aromatic rings. The highest BCUT2D eigenvalue weighted by atomic mass is 19.1.